The molecule has 0 aromatic rings. The number of rotatable bonds is 7. The second kappa shape index (κ2) is 8.01. The molecule has 0 bridgehead atoms. The number of aliphatic hydroxyl groups excluding tert-OH is 1. The smallest absolute Gasteiger partial charge is 0.236 e. The topological polar surface area (TPSA) is 52.6 Å². The largest absolute Gasteiger partial charge is 0.396 e. The van der Waals surface area contributed by atoms with E-state index in [1.54, 1.807) is 4.90 Å². The summed E-state index contributed by atoms with van der Waals surface area (Å²) < 4.78 is 0. The van der Waals surface area contributed by atoms with Gasteiger partial charge in [0.2, 0.25) is 5.91 Å². The highest BCUT2D eigenvalue weighted by molar-refractivity contribution is 5.78. The summed E-state index contributed by atoms with van der Waals surface area (Å²) in [5.41, 5.74) is 0. The third-order valence-electron chi connectivity index (χ3n) is 1.85. The van der Waals surface area contributed by atoms with E-state index in [0.29, 0.717) is 26.1 Å². The average molecular weight is 188 g/mol. The van der Waals surface area contributed by atoms with Crippen LogP contribution < -0.4 is 5.32 Å². The quantitative estimate of drug-likeness (QED) is 0.583. The van der Waals surface area contributed by atoms with Crippen LogP contribution in [0.25, 0.3) is 0 Å². The molecule has 0 aromatic carbocycles. The Labute approximate surface area is 79.9 Å². The van der Waals surface area contributed by atoms with E-state index in [1.807, 2.05) is 13.8 Å². The van der Waals surface area contributed by atoms with Crippen molar-refractivity contribution in [2.75, 3.05) is 32.8 Å². The molecule has 0 fully saturated rings. The summed E-state index contributed by atoms with van der Waals surface area (Å²) in [6.45, 7) is 6.63. The number of amides is 1. The van der Waals surface area contributed by atoms with Gasteiger partial charge in [-0.3, -0.25) is 4.79 Å². The molecule has 0 aliphatic carbocycles. The van der Waals surface area contributed by atoms with Gasteiger partial charge < -0.3 is 15.3 Å². The van der Waals surface area contributed by atoms with Gasteiger partial charge in [0.15, 0.2) is 0 Å². The summed E-state index contributed by atoms with van der Waals surface area (Å²) in [6, 6.07) is 0. The molecule has 1 amide bonds. The maximum Gasteiger partial charge on any atom is 0.236 e. The number of carbonyl (C=O) groups is 1. The molecule has 0 saturated carbocycles. The fourth-order valence-electron chi connectivity index (χ4n) is 1.06. The Morgan fingerprint density at radius 2 is 2.15 bits per heavy atom. The molecule has 0 saturated heterocycles. The minimum Gasteiger partial charge on any atom is -0.396 e. The van der Waals surface area contributed by atoms with Gasteiger partial charge in [0.25, 0.3) is 0 Å². The third kappa shape index (κ3) is 5.60. The lowest BCUT2D eigenvalue weighted by atomic mass is 10.3. The number of nitrogens with zero attached hydrogens (tertiary/aromatic N) is 1. The molecule has 0 aliphatic heterocycles. The number of nitrogens with one attached hydrogen (secondary N) is 1. The Balaban J connectivity index is 3.71. The van der Waals surface area contributed by atoms with Gasteiger partial charge in [0.05, 0.1) is 6.54 Å². The van der Waals surface area contributed by atoms with Crippen LogP contribution >= 0.6 is 0 Å². The number of aliphatic hydroxyl groups is 1. The van der Waals surface area contributed by atoms with Crippen LogP contribution in [-0.4, -0.2) is 48.7 Å². The molecule has 4 heteroatoms. The first kappa shape index (κ1) is 12.4. The monoisotopic (exact) mass is 188 g/mol. The number of carbonyl (C=O) groups excluding carboxylic acids is 1. The summed E-state index contributed by atoms with van der Waals surface area (Å²) >= 11 is 0. The van der Waals surface area contributed by atoms with Gasteiger partial charge in [-0.25, -0.2) is 0 Å². The van der Waals surface area contributed by atoms with Gasteiger partial charge in [0, 0.05) is 19.7 Å². The van der Waals surface area contributed by atoms with Crippen LogP contribution in [0.1, 0.15) is 20.3 Å². The van der Waals surface area contributed by atoms with Crippen LogP contribution in [0, 0.1) is 0 Å². The van der Waals surface area contributed by atoms with Crippen molar-refractivity contribution < 1.29 is 9.90 Å². The third-order valence-corrected chi connectivity index (χ3v) is 1.85. The van der Waals surface area contributed by atoms with E-state index in [-0.39, 0.29) is 12.5 Å². The van der Waals surface area contributed by atoms with Crippen LogP contribution in [0.3, 0.4) is 0 Å². The maximum absolute atomic E-state index is 11.4. The van der Waals surface area contributed by atoms with Crippen molar-refractivity contribution in [1.29, 1.82) is 0 Å². The first-order valence-corrected chi connectivity index (χ1v) is 4.85. The van der Waals surface area contributed by atoms with Gasteiger partial charge in [-0.15, -0.1) is 0 Å². The molecule has 0 aromatic heterocycles. The van der Waals surface area contributed by atoms with Crippen molar-refractivity contribution in [1.82, 2.24) is 10.2 Å². The number of hydrogen-bond donors (Lipinski definition) is 2. The van der Waals surface area contributed by atoms with Gasteiger partial charge in [-0.05, 0) is 19.9 Å². The summed E-state index contributed by atoms with van der Waals surface area (Å²) in [6.07, 6.45) is 0.658. The van der Waals surface area contributed by atoms with Crippen molar-refractivity contribution >= 4 is 5.91 Å². The SMILES string of the molecule is CCNCC(=O)N(CC)CCCO. The van der Waals surface area contributed by atoms with Crippen LogP contribution in [-0.2, 0) is 4.79 Å². The lowest BCUT2D eigenvalue weighted by molar-refractivity contribution is -0.130. The van der Waals surface area contributed by atoms with Crippen LogP contribution in [0.15, 0.2) is 0 Å². The van der Waals surface area contributed by atoms with Gasteiger partial charge in [-0.1, -0.05) is 6.92 Å². The molecule has 0 rings (SSSR count). The Bertz CT molecular complexity index is 140. The highest BCUT2D eigenvalue weighted by atomic mass is 16.3. The minimum absolute atomic E-state index is 0.109. The van der Waals surface area contributed by atoms with Gasteiger partial charge >= 0.3 is 0 Å². The van der Waals surface area contributed by atoms with E-state index in [9.17, 15) is 4.79 Å². The van der Waals surface area contributed by atoms with E-state index in [2.05, 4.69) is 5.32 Å². The molecule has 78 valence electrons. The molecular weight excluding hydrogens is 168 g/mol. The van der Waals surface area contributed by atoms with Gasteiger partial charge in [-0.2, -0.15) is 0 Å². The molecule has 2 N–H and O–H groups in total. The van der Waals surface area contributed by atoms with Gasteiger partial charge in [0.1, 0.15) is 0 Å². The Hall–Kier alpha value is -0.610. The summed E-state index contributed by atoms with van der Waals surface area (Å²) in [5, 5.41) is 11.6. The molecule has 0 radical (unpaired) electrons. The molecule has 0 spiro atoms. The number of hydrogen-bond acceptors (Lipinski definition) is 3. The highest BCUT2D eigenvalue weighted by Crippen LogP contribution is 1.91. The normalized spacial score (nSPS) is 10.1. The Morgan fingerprint density at radius 1 is 1.46 bits per heavy atom. The first-order valence-electron chi connectivity index (χ1n) is 4.85. The summed E-state index contributed by atoms with van der Waals surface area (Å²) in [5.74, 6) is 0.109. The predicted molar refractivity (Wildman–Crippen MR) is 52.5 cm³/mol. The molecular formula is C9H20N2O2. The lowest BCUT2D eigenvalue weighted by Gasteiger charge is -2.20. The molecule has 0 heterocycles. The molecule has 0 atom stereocenters. The van der Waals surface area contributed by atoms with Crippen molar-refractivity contribution in [2.45, 2.75) is 20.3 Å². The van der Waals surface area contributed by atoms with Crippen LogP contribution in [0.4, 0.5) is 0 Å². The van der Waals surface area contributed by atoms with Crippen LogP contribution in [0.2, 0.25) is 0 Å². The number of likely N-dealkylation sites (N-methyl/N-ethyl adjacent to an activating group) is 2. The fraction of sp³-hybridized carbons (Fsp3) is 0.889. The second-order valence-electron chi connectivity index (χ2n) is 2.83. The fourth-order valence-corrected chi connectivity index (χ4v) is 1.06. The summed E-state index contributed by atoms with van der Waals surface area (Å²) in [4.78, 5) is 13.2. The maximum atomic E-state index is 11.4. The van der Waals surface area contributed by atoms with E-state index < -0.39 is 0 Å². The molecule has 0 aliphatic rings. The summed E-state index contributed by atoms with van der Waals surface area (Å²) in [7, 11) is 0. The molecule has 0 unspecified atom stereocenters. The minimum atomic E-state index is 0.109. The van der Waals surface area contributed by atoms with Crippen molar-refractivity contribution in [3.63, 3.8) is 0 Å². The molecule has 13 heavy (non-hydrogen) atoms. The van der Waals surface area contributed by atoms with Crippen LogP contribution in [0.5, 0.6) is 0 Å². The zero-order valence-electron chi connectivity index (χ0n) is 8.55. The highest BCUT2D eigenvalue weighted by Gasteiger charge is 2.09. The van der Waals surface area contributed by atoms with Crippen molar-refractivity contribution in [2.24, 2.45) is 0 Å². The van der Waals surface area contributed by atoms with E-state index in [4.69, 9.17) is 5.11 Å². The van der Waals surface area contributed by atoms with E-state index in [0.717, 1.165) is 6.54 Å². The van der Waals surface area contributed by atoms with Crippen molar-refractivity contribution in [3.8, 4) is 0 Å². The Kier molecular flexibility index (Phi) is 7.63. The zero-order chi connectivity index (χ0) is 10.1. The second-order valence-corrected chi connectivity index (χ2v) is 2.83. The standard InChI is InChI=1S/C9H20N2O2/c1-3-10-8-9(13)11(4-2)6-5-7-12/h10,12H,3-8H2,1-2H3. The lowest BCUT2D eigenvalue weighted by Crippen LogP contribution is -2.38. The zero-order valence-corrected chi connectivity index (χ0v) is 8.55. The molecule has 4 nitrogen and oxygen atoms in total. The van der Waals surface area contributed by atoms with Crippen molar-refractivity contribution in [3.05, 3.63) is 0 Å². The predicted octanol–water partition coefficient (Wildman–Crippen LogP) is -0.173. The van der Waals surface area contributed by atoms with E-state index in [1.165, 1.54) is 0 Å². The average Bonchev–Trinajstić information content (AvgIpc) is 2.16. The Morgan fingerprint density at radius 3 is 2.62 bits per heavy atom. The van der Waals surface area contributed by atoms with E-state index >= 15 is 0 Å². The first-order chi connectivity index (χ1) is 6.26.